The molecule has 0 aliphatic heterocycles. The van der Waals surface area contributed by atoms with Gasteiger partial charge in [0, 0.05) is 36.3 Å². The van der Waals surface area contributed by atoms with Crippen LogP contribution in [0.15, 0.2) is 42.5 Å². The second-order valence-corrected chi connectivity index (χ2v) is 7.36. The molecule has 2 aromatic carbocycles. The number of carboxylic acids is 1. The number of carboxylic acid groups (broad SMARTS) is 1. The summed E-state index contributed by atoms with van der Waals surface area (Å²) < 4.78 is 0. The van der Waals surface area contributed by atoms with Crippen LogP contribution >= 0.6 is 11.6 Å². The van der Waals surface area contributed by atoms with Crippen LogP contribution in [0.4, 0.5) is 5.69 Å². The number of ketones is 1. The molecule has 1 unspecified atom stereocenters. The fourth-order valence-corrected chi connectivity index (χ4v) is 3.26. The average molecular weight is 417 g/mol. The Bertz CT molecular complexity index is 876. The maximum absolute atomic E-state index is 12.6. The fraction of sp³-hybridized carbons (Fsp3) is 0.318. The molecule has 2 N–H and O–H groups in total. The lowest BCUT2D eigenvalue weighted by molar-refractivity contribution is -0.146. The van der Waals surface area contributed by atoms with Crippen molar-refractivity contribution in [2.45, 2.75) is 32.7 Å². The molecule has 0 heterocycles. The van der Waals surface area contributed by atoms with Crippen LogP contribution in [0.1, 0.15) is 34.3 Å². The number of carbonyl (C=O) groups excluding carboxylic acids is 2. The van der Waals surface area contributed by atoms with Crippen LogP contribution in [0.25, 0.3) is 0 Å². The molecule has 0 aromatic heterocycles. The Balaban J connectivity index is 1.97. The Morgan fingerprint density at radius 1 is 1.07 bits per heavy atom. The molecule has 2 rings (SSSR count). The SMILES string of the molecule is Cc1cccc(C)c1NCCCC(=O)C(C(=O)O)N(C)C(=O)c1ccc(Cl)cc1. The van der Waals surface area contributed by atoms with Gasteiger partial charge in [0.05, 0.1) is 0 Å². The van der Waals surface area contributed by atoms with E-state index in [4.69, 9.17) is 11.6 Å². The molecule has 0 bridgehead atoms. The number of Topliss-reactive ketones (excluding diaryl/α,β-unsaturated/α-hetero) is 1. The molecular formula is C22H25ClN2O4. The van der Waals surface area contributed by atoms with Crippen LogP contribution < -0.4 is 5.32 Å². The van der Waals surface area contributed by atoms with E-state index < -0.39 is 23.7 Å². The Kier molecular flexibility index (Phi) is 7.79. The van der Waals surface area contributed by atoms with Crippen molar-refractivity contribution in [3.63, 3.8) is 0 Å². The fourth-order valence-electron chi connectivity index (χ4n) is 3.14. The molecule has 0 aliphatic carbocycles. The minimum Gasteiger partial charge on any atom is -0.479 e. The average Bonchev–Trinajstić information content (AvgIpc) is 2.66. The summed E-state index contributed by atoms with van der Waals surface area (Å²) >= 11 is 5.81. The van der Waals surface area contributed by atoms with Gasteiger partial charge in [-0.1, -0.05) is 29.8 Å². The van der Waals surface area contributed by atoms with Gasteiger partial charge >= 0.3 is 5.97 Å². The number of anilines is 1. The Hall–Kier alpha value is -2.86. The first-order valence-electron chi connectivity index (χ1n) is 9.30. The van der Waals surface area contributed by atoms with E-state index in [1.807, 2.05) is 32.0 Å². The standard InChI is InChI=1S/C22H25ClN2O4/c1-14-6-4-7-15(2)19(14)24-13-5-8-18(26)20(22(28)29)25(3)21(27)16-9-11-17(23)12-10-16/h4,6-7,9-12,20,24H,5,8,13H2,1-3H3,(H,28,29). The van der Waals surface area contributed by atoms with E-state index in [-0.39, 0.29) is 12.0 Å². The van der Waals surface area contributed by atoms with E-state index in [1.54, 1.807) is 12.1 Å². The molecule has 0 saturated heterocycles. The molecule has 0 saturated carbocycles. The Labute approximate surface area is 175 Å². The van der Waals surface area contributed by atoms with Crippen molar-refractivity contribution in [2.24, 2.45) is 0 Å². The number of hydrogen-bond donors (Lipinski definition) is 2. The highest BCUT2D eigenvalue weighted by molar-refractivity contribution is 6.30. The van der Waals surface area contributed by atoms with Gasteiger partial charge in [0.25, 0.3) is 5.91 Å². The molecular weight excluding hydrogens is 392 g/mol. The van der Waals surface area contributed by atoms with Crippen molar-refractivity contribution < 1.29 is 19.5 Å². The second kappa shape index (κ2) is 10.1. The third-order valence-electron chi connectivity index (χ3n) is 4.72. The van der Waals surface area contributed by atoms with Gasteiger partial charge in [-0.2, -0.15) is 0 Å². The molecule has 0 spiro atoms. The number of likely N-dealkylation sites (N-methyl/N-ethyl adjacent to an activating group) is 1. The van der Waals surface area contributed by atoms with E-state index >= 15 is 0 Å². The first-order valence-corrected chi connectivity index (χ1v) is 9.68. The lowest BCUT2D eigenvalue weighted by atomic mass is 10.0. The molecule has 0 radical (unpaired) electrons. The number of nitrogens with zero attached hydrogens (tertiary/aromatic N) is 1. The van der Waals surface area contributed by atoms with Crippen molar-refractivity contribution in [3.05, 3.63) is 64.2 Å². The summed E-state index contributed by atoms with van der Waals surface area (Å²) in [5, 5.41) is 13.3. The van der Waals surface area contributed by atoms with Gasteiger partial charge in [0.2, 0.25) is 0 Å². The zero-order valence-corrected chi connectivity index (χ0v) is 17.5. The van der Waals surface area contributed by atoms with Crippen LogP contribution in [0, 0.1) is 13.8 Å². The van der Waals surface area contributed by atoms with Gasteiger partial charge < -0.3 is 15.3 Å². The van der Waals surface area contributed by atoms with Crippen LogP contribution in [0.5, 0.6) is 0 Å². The summed E-state index contributed by atoms with van der Waals surface area (Å²) in [7, 11) is 1.32. The lowest BCUT2D eigenvalue weighted by Crippen LogP contribution is -2.47. The van der Waals surface area contributed by atoms with Gasteiger partial charge in [-0.3, -0.25) is 9.59 Å². The normalized spacial score (nSPS) is 11.6. The van der Waals surface area contributed by atoms with E-state index in [9.17, 15) is 19.5 Å². The van der Waals surface area contributed by atoms with Crippen LogP contribution in [0.3, 0.4) is 0 Å². The summed E-state index contributed by atoms with van der Waals surface area (Å²) in [5.74, 6) is -2.40. The number of hydrogen-bond acceptors (Lipinski definition) is 4. The molecule has 29 heavy (non-hydrogen) atoms. The third kappa shape index (κ3) is 5.81. The van der Waals surface area contributed by atoms with Crippen molar-refractivity contribution in [3.8, 4) is 0 Å². The van der Waals surface area contributed by atoms with Crippen molar-refractivity contribution in [2.75, 3.05) is 18.9 Å². The van der Waals surface area contributed by atoms with E-state index in [0.29, 0.717) is 18.0 Å². The van der Waals surface area contributed by atoms with Gasteiger partial charge in [0.1, 0.15) is 0 Å². The number of rotatable bonds is 9. The highest BCUT2D eigenvalue weighted by Gasteiger charge is 2.33. The summed E-state index contributed by atoms with van der Waals surface area (Å²) in [6, 6.07) is 10.5. The molecule has 2 aromatic rings. The van der Waals surface area contributed by atoms with Gasteiger partial charge in [-0.05, 0) is 55.7 Å². The summed E-state index contributed by atoms with van der Waals surface area (Å²) in [6.45, 7) is 4.52. The number of aryl methyl sites for hydroxylation is 2. The zero-order chi connectivity index (χ0) is 21.6. The topological polar surface area (TPSA) is 86.7 Å². The minimum absolute atomic E-state index is 0.0487. The monoisotopic (exact) mass is 416 g/mol. The summed E-state index contributed by atoms with van der Waals surface area (Å²) in [5.41, 5.74) is 3.50. The number of carbonyl (C=O) groups is 3. The van der Waals surface area contributed by atoms with Crippen molar-refractivity contribution in [1.82, 2.24) is 4.90 Å². The number of aliphatic carboxylic acids is 1. The first-order chi connectivity index (χ1) is 13.7. The van der Waals surface area contributed by atoms with E-state index in [1.165, 1.54) is 19.2 Å². The molecule has 7 heteroatoms. The predicted molar refractivity (Wildman–Crippen MR) is 114 cm³/mol. The predicted octanol–water partition coefficient (Wildman–Crippen LogP) is 3.94. The van der Waals surface area contributed by atoms with Gasteiger partial charge in [-0.15, -0.1) is 0 Å². The molecule has 1 atom stereocenters. The first kappa shape index (κ1) is 22.4. The number of halogens is 1. The smallest absolute Gasteiger partial charge is 0.334 e. The van der Waals surface area contributed by atoms with Gasteiger partial charge in [-0.25, -0.2) is 4.79 Å². The van der Waals surface area contributed by atoms with Crippen LogP contribution in [-0.4, -0.2) is 47.3 Å². The molecule has 1 amide bonds. The third-order valence-corrected chi connectivity index (χ3v) is 4.97. The molecule has 0 fully saturated rings. The largest absolute Gasteiger partial charge is 0.479 e. The number of amides is 1. The van der Waals surface area contributed by atoms with Crippen molar-refractivity contribution in [1.29, 1.82) is 0 Å². The number of benzene rings is 2. The van der Waals surface area contributed by atoms with Gasteiger partial charge in [0.15, 0.2) is 11.8 Å². The van der Waals surface area contributed by atoms with E-state index in [0.717, 1.165) is 21.7 Å². The second-order valence-electron chi connectivity index (χ2n) is 6.93. The maximum Gasteiger partial charge on any atom is 0.334 e. The molecule has 154 valence electrons. The van der Waals surface area contributed by atoms with Crippen molar-refractivity contribution >= 4 is 34.9 Å². The highest BCUT2D eigenvalue weighted by atomic mass is 35.5. The quantitative estimate of drug-likeness (QED) is 0.477. The van der Waals surface area contributed by atoms with Crippen LogP contribution in [0.2, 0.25) is 5.02 Å². The number of para-hydroxylation sites is 1. The Morgan fingerprint density at radius 3 is 2.21 bits per heavy atom. The lowest BCUT2D eigenvalue weighted by Gasteiger charge is -2.24. The molecule has 0 aliphatic rings. The summed E-state index contributed by atoms with van der Waals surface area (Å²) in [4.78, 5) is 37.7. The van der Waals surface area contributed by atoms with E-state index in [2.05, 4.69) is 5.32 Å². The highest BCUT2D eigenvalue weighted by Crippen LogP contribution is 2.19. The molecule has 6 nitrogen and oxygen atoms in total. The maximum atomic E-state index is 12.6. The summed E-state index contributed by atoms with van der Waals surface area (Å²) in [6.07, 6.45) is 0.506. The Morgan fingerprint density at radius 2 is 1.66 bits per heavy atom. The number of nitrogens with one attached hydrogen (secondary N) is 1. The van der Waals surface area contributed by atoms with Crippen LogP contribution in [-0.2, 0) is 9.59 Å². The zero-order valence-electron chi connectivity index (χ0n) is 16.7. The minimum atomic E-state index is -1.53.